The van der Waals surface area contributed by atoms with E-state index in [1.165, 1.54) is 0 Å². The molecule has 0 bridgehead atoms. The molecule has 0 fully saturated rings. The van der Waals surface area contributed by atoms with E-state index in [2.05, 4.69) is 31.1 Å². The molecule has 1 unspecified atom stereocenters. The number of nitrogens with one attached hydrogen (secondary N) is 1. The average Bonchev–Trinajstić information content (AvgIpc) is 2.13. The highest BCUT2D eigenvalue weighted by molar-refractivity contribution is 5.47. The van der Waals surface area contributed by atoms with Crippen molar-refractivity contribution >= 4 is 5.82 Å². The summed E-state index contributed by atoms with van der Waals surface area (Å²) in [5.41, 5.74) is 6.68. The van der Waals surface area contributed by atoms with Gasteiger partial charge in [-0.25, -0.2) is 4.98 Å². The minimum Gasteiger partial charge on any atom is -0.385 e. The van der Waals surface area contributed by atoms with Gasteiger partial charge in [-0.15, -0.1) is 0 Å². The Hall–Kier alpha value is -1.13. The lowest BCUT2D eigenvalue weighted by atomic mass is 9.89. The zero-order valence-electron chi connectivity index (χ0n) is 12.0. The molecule has 102 valence electrons. The first-order valence-corrected chi connectivity index (χ1v) is 6.32. The summed E-state index contributed by atoms with van der Waals surface area (Å²) in [5.74, 6) is 0.413. The molecule has 0 amide bonds. The number of nitrogen functional groups attached to an aromatic ring is 1. The fourth-order valence-electron chi connectivity index (χ4n) is 2.09. The van der Waals surface area contributed by atoms with Gasteiger partial charge in [-0.05, 0) is 59.2 Å². The van der Waals surface area contributed by atoms with Gasteiger partial charge in [0.15, 0.2) is 0 Å². The van der Waals surface area contributed by atoms with Crippen molar-refractivity contribution < 1.29 is 5.11 Å². The molecule has 0 aliphatic carbocycles. The van der Waals surface area contributed by atoms with Gasteiger partial charge in [-0.1, -0.05) is 0 Å². The normalized spacial score (nSPS) is 15.4. The lowest BCUT2D eigenvalue weighted by molar-refractivity contribution is 0.0463. The predicted octanol–water partition coefficient (Wildman–Crippen LogP) is 1.96. The molecule has 0 aromatic carbocycles. The summed E-state index contributed by atoms with van der Waals surface area (Å²) >= 11 is 0. The molecule has 0 aliphatic heterocycles. The molecule has 4 nitrogen and oxygen atoms in total. The number of aromatic nitrogens is 1. The third-order valence-electron chi connectivity index (χ3n) is 2.99. The summed E-state index contributed by atoms with van der Waals surface area (Å²) in [5, 5.41) is 13.9. The van der Waals surface area contributed by atoms with Crippen molar-refractivity contribution in [3.63, 3.8) is 0 Å². The Morgan fingerprint density at radius 1 is 1.33 bits per heavy atom. The van der Waals surface area contributed by atoms with E-state index in [1.54, 1.807) is 13.1 Å². The van der Waals surface area contributed by atoms with Gasteiger partial charge in [0.1, 0.15) is 5.82 Å². The fourth-order valence-corrected chi connectivity index (χ4v) is 2.09. The van der Waals surface area contributed by atoms with E-state index in [-0.39, 0.29) is 5.54 Å². The van der Waals surface area contributed by atoms with Gasteiger partial charge in [0.25, 0.3) is 0 Å². The Balaban J connectivity index is 2.80. The van der Waals surface area contributed by atoms with E-state index in [1.807, 2.05) is 13.0 Å². The Bertz CT molecular complexity index is 388. The Morgan fingerprint density at radius 2 is 1.94 bits per heavy atom. The maximum atomic E-state index is 10.6. The zero-order valence-corrected chi connectivity index (χ0v) is 12.0. The number of pyridine rings is 1. The first-order valence-electron chi connectivity index (χ1n) is 6.32. The van der Waals surface area contributed by atoms with E-state index >= 15 is 0 Å². The molecule has 0 aliphatic rings. The standard InChI is InChI=1S/C14H25N3O/c1-10-6-8-16-12(15)11(10)14(5,18)7-9-17-13(2,3)4/h6,8,17-18H,7,9H2,1-5H3,(H2,15,16). The van der Waals surface area contributed by atoms with Gasteiger partial charge in [0, 0.05) is 17.3 Å². The molecule has 0 radical (unpaired) electrons. The second kappa shape index (κ2) is 5.24. The third-order valence-corrected chi connectivity index (χ3v) is 2.99. The Labute approximate surface area is 110 Å². The minimum atomic E-state index is -0.958. The van der Waals surface area contributed by atoms with E-state index < -0.39 is 5.60 Å². The van der Waals surface area contributed by atoms with Crippen LogP contribution < -0.4 is 11.1 Å². The summed E-state index contributed by atoms with van der Waals surface area (Å²) in [6, 6.07) is 1.87. The van der Waals surface area contributed by atoms with Crippen LogP contribution >= 0.6 is 0 Å². The van der Waals surface area contributed by atoms with Crippen molar-refractivity contribution in [1.29, 1.82) is 0 Å². The number of nitrogens with two attached hydrogens (primary N) is 1. The number of nitrogens with zero attached hydrogens (tertiary/aromatic N) is 1. The Kier molecular flexibility index (Phi) is 4.35. The fraction of sp³-hybridized carbons (Fsp3) is 0.643. The molecule has 4 N–H and O–H groups in total. The molecule has 0 saturated heterocycles. The highest BCUT2D eigenvalue weighted by Gasteiger charge is 2.28. The van der Waals surface area contributed by atoms with Crippen molar-refractivity contribution in [2.45, 2.75) is 52.2 Å². The molecule has 1 rings (SSSR count). The number of hydrogen-bond acceptors (Lipinski definition) is 4. The molecule has 4 heteroatoms. The topological polar surface area (TPSA) is 71.2 Å². The van der Waals surface area contributed by atoms with Gasteiger partial charge in [-0.2, -0.15) is 0 Å². The number of aryl methyl sites for hydroxylation is 1. The largest absolute Gasteiger partial charge is 0.385 e. The van der Waals surface area contributed by atoms with Gasteiger partial charge < -0.3 is 16.2 Å². The monoisotopic (exact) mass is 251 g/mol. The van der Waals surface area contributed by atoms with Crippen LogP contribution in [-0.2, 0) is 5.60 Å². The maximum Gasteiger partial charge on any atom is 0.129 e. The first kappa shape index (κ1) is 14.9. The van der Waals surface area contributed by atoms with Crippen molar-refractivity contribution in [3.8, 4) is 0 Å². The third kappa shape index (κ3) is 3.96. The van der Waals surface area contributed by atoms with Crippen molar-refractivity contribution in [2.75, 3.05) is 12.3 Å². The van der Waals surface area contributed by atoms with Crippen LogP contribution in [0.2, 0.25) is 0 Å². The minimum absolute atomic E-state index is 0.0472. The van der Waals surface area contributed by atoms with Crippen molar-refractivity contribution in [3.05, 3.63) is 23.4 Å². The second-order valence-corrected chi connectivity index (χ2v) is 6.09. The van der Waals surface area contributed by atoms with Crippen LogP contribution in [0.25, 0.3) is 0 Å². The first-order chi connectivity index (χ1) is 8.13. The van der Waals surface area contributed by atoms with Gasteiger partial charge >= 0.3 is 0 Å². The van der Waals surface area contributed by atoms with Crippen LogP contribution in [0, 0.1) is 6.92 Å². The highest BCUT2D eigenvalue weighted by atomic mass is 16.3. The van der Waals surface area contributed by atoms with E-state index in [4.69, 9.17) is 5.73 Å². The molecule has 0 saturated carbocycles. The predicted molar refractivity (Wildman–Crippen MR) is 75.3 cm³/mol. The summed E-state index contributed by atoms with van der Waals surface area (Å²) in [7, 11) is 0. The van der Waals surface area contributed by atoms with Crippen LogP contribution in [0.5, 0.6) is 0 Å². The summed E-state index contributed by atoms with van der Waals surface area (Å²) in [6.07, 6.45) is 2.26. The number of aliphatic hydroxyl groups is 1. The Morgan fingerprint density at radius 3 is 2.44 bits per heavy atom. The average molecular weight is 251 g/mol. The SMILES string of the molecule is Cc1ccnc(N)c1C(C)(O)CCNC(C)(C)C. The van der Waals surface area contributed by atoms with E-state index in [9.17, 15) is 5.11 Å². The lowest BCUT2D eigenvalue weighted by Crippen LogP contribution is -2.39. The highest BCUT2D eigenvalue weighted by Crippen LogP contribution is 2.30. The number of hydrogen-bond donors (Lipinski definition) is 3. The van der Waals surface area contributed by atoms with Crippen LogP contribution in [0.4, 0.5) is 5.82 Å². The smallest absolute Gasteiger partial charge is 0.129 e. The molecule has 1 atom stereocenters. The summed E-state index contributed by atoms with van der Waals surface area (Å²) < 4.78 is 0. The molecule has 18 heavy (non-hydrogen) atoms. The molecule has 1 aromatic heterocycles. The van der Waals surface area contributed by atoms with Crippen molar-refractivity contribution in [2.24, 2.45) is 0 Å². The van der Waals surface area contributed by atoms with Gasteiger partial charge in [0.2, 0.25) is 0 Å². The number of rotatable bonds is 4. The van der Waals surface area contributed by atoms with Gasteiger partial charge in [0.05, 0.1) is 5.60 Å². The van der Waals surface area contributed by atoms with E-state index in [0.717, 1.165) is 17.7 Å². The number of anilines is 1. The lowest BCUT2D eigenvalue weighted by Gasteiger charge is -2.29. The van der Waals surface area contributed by atoms with E-state index in [0.29, 0.717) is 12.2 Å². The van der Waals surface area contributed by atoms with Crippen molar-refractivity contribution in [1.82, 2.24) is 10.3 Å². The zero-order chi connectivity index (χ0) is 14.0. The molecule has 0 spiro atoms. The van der Waals surface area contributed by atoms with Crippen LogP contribution in [-0.4, -0.2) is 22.2 Å². The quantitative estimate of drug-likeness (QED) is 0.765. The molecular weight excluding hydrogens is 226 g/mol. The van der Waals surface area contributed by atoms with Gasteiger partial charge in [-0.3, -0.25) is 0 Å². The summed E-state index contributed by atoms with van der Waals surface area (Å²) in [6.45, 7) is 10.8. The van der Waals surface area contributed by atoms with Crippen LogP contribution in [0.3, 0.4) is 0 Å². The molecule has 1 aromatic rings. The maximum absolute atomic E-state index is 10.6. The summed E-state index contributed by atoms with van der Waals surface area (Å²) in [4.78, 5) is 4.06. The molecular formula is C14H25N3O. The second-order valence-electron chi connectivity index (χ2n) is 6.09. The molecule has 1 heterocycles. The van der Waals surface area contributed by atoms with Crippen LogP contribution in [0.1, 0.15) is 45.2 Å². The van der Waals surface area contributed by atoms with Crippen LogP contribution in [0.15, 0.2) is 12.3 Å².